The average molecular weight is 330 g/mol. The Balaban J connectivity index is 1.97. The lowest BCUT2D eigenvalue weighted by Gasteiger charge is -2.19. The van der Waals surface area contributed by atoms with E-state index in [1.807, 2.05) is 11.4 Å². The fourth-order valence-electron chi connectivity index (χ4n) is 1.44. The highest BCUT2D eigenvalue weighted by Crippen LogP contribution is 2.32. The quantitative estimate of drug-likeness (QED) is 0.932. The maximum atomic E-state index is 5.64. The molecule has 0 radical (unpaired) electrons. The first kappa shape index (κ1) is 13.7. The molecular weight excluding hydrogens is 314 g/mol. The van der Waals surface area contributed by atoms with Gasteiger partial charge in [-0.2, -0.15) is 0 Å². The summed E-state index contributed by atoms with van der Waals surface area (Å²) in [6.45, 7) is 7.23. The minimum Gasteiger partial charge on any atom is -0.420 e. The monoisotopic (exact) mass is 329 g/mol. The number of hydrogen-bond donors (Lipinski definition) is 1. The van der Waals surface area contributed by atoms with Crippen LogP contribution in [0.3, 0.4) is 0 Å². The van der Waals surface area contributed by atoms with Gasteiger partial charge in [-0.3, -0.25) is 0 Å². The molecule has 0 aliphatic rings. The highest BCUT2D eigenvalue weighted by atomic mass is 79.9. The maximum absolute atomic E-state index is 5.64. The third-order valence-electron chi connectivity index (χ3n) is 2.27. The maximum Gasteiger partial charge on any atom is 0.258 e. The first-order valence-corrected chi connectivity index (χ1v) is 7.44. The summed E-state index contributed by atoms with van der Waals surface area (Å²) in [5.41, 5.74) is 0.111. The van der Waals surface area contributed by atoms with Crippen molar-refractivity contribution in [3.63, 3.8) is 0 Å². The summed E-state index contributed by atoms with van der Waals surface area (Å²) in [6.07, 6.45) is 0.743. The fraction of sp³-hybridized carbons (Fsp3) is 0.500. The molecule has 0 aliphatic carbocycles. The molecule has 6 heteroatoms. The number of hydrogen-bond acceptors (Lipinski definition) is 5. The van der Waals surface area contributed by atoms with Crippen molar-refractivity contribution in [2.75, 3.05) is 6.54 Å². The standard InChI is InChI=1S/C12H16BrN3OS/c1-12(2,3)14-6-4-9-15-16-11(17-9)10-8(13)5-7-18-10/h5,7,14H,4,6H2,1-3H3. The minimum absolute atomic E-state index is 0.111. The van der Waals surface area contributed by atoms with Crippen LogP contribution in [0.25, 0.3) is 10.8 Å². The summed E-state index contributed by atoms with van der Waals surface area (Å²) in [5, 5.41) is 13.5. The highest BCUT2D eigenvalue weighted by Gasteiger charge is 2.14. The summed E-state index contributed by atoms with van der Waals surface area (Å²) in [5.74, 6) is 1.25. The molecule has 2 aromatic heterocycles. The van der Waals surface area contributed by atoms with Crippen LogP contribution in [0.15, 0.2) is 20.3 Å². The van der Waals surface area contributed by atoms with Crippen LogP contribution in [-0.4, -0.2) is 22.3 Å². The molecule has 0 saturated heterocycles. The van der Waals surface area contributed by atoms with Crippen molar-refractivity contribution in [3.8, 4) is 10.8 Å². The number of rotatable bonds is 4. The van der Waals surface area contributed by atoms with E-state index < -0.39 is 0 Å². The van der Waals surface area contributed by atoms with Gasteiger partial charge >= 0.3 is 0 Å². The molecule has 0 atom stereocenters. The first-order valence-electron chi connectivity index (χ1n) is 5.76. The van der Waals surface area contributed by atoms with Crippen LogP contribution in [0.5, 0.6) is 0 Å². The van der Waals surface area contributed by atoms with E-state index in [1.165, 1.54) is 0 Å². The molecule has 0 unspecified atom stereocenters. The number of halogens is 1. The van der Waals surface area contributed by atoms with E-state index in [2.05, 4.69) is 52.2 Å². The SMILES string of the molecule is CC(C)(C)NCCc1nnc(-c2sccc2Br)o1. The Kier molecular flexibility index (Phi) is 4.19. The van der Waals surface area contributed by atoms with E-state index in [1.54, 1.807) is 11.3 Å². The van der Waals surface area contributed by atoms with Crippen molar-refractivity contribution in [1.82, 2.24) is 15.5 Å². The molecule has 0 amide bonds. The van der Waals surface area contributed by atoms with Gasteiger partial charge in [0.2, 0.25) is 5.89 Å². The van der Waals surface area contributed by atoms with Crippen LogP contribution in [0.4, 0.5) is 0 Å². The first-order chi connectivity index (χ1) is 8.46. The predicted octanol–water partition coefficient (Wildman–Crippen LogP) is 3.49. The Bertz CT molecular complexity index is 515. The molecule has 2 aromatic rings. The zero-order chi connectivity index (χ0) is 13.2. The van der Waals surface area contributed by atoms with Crippen molar-refractivity contribution in [3.05, 3.63) is 21.8 Å². The van der Waals surface area contributed by atoms with Gasteiger partial charge in [0.15, 0.2) is 0 Å². The average Bonchev–Trinajstić information content (AvgIpc) is 2.84. The molecule has 1 N–H and O–H groups in total. The largest absolute Gasteiger partial charge is 0.420 e. The van der Waals surface area contributed by atoms with Crippen molar-refractivity contribution < 1.29 is 4.42 Å². The second-order valence-corrected chi connectivity index (χ2v) is 6.80. The number of thiophene rings is 1. The molecule has 2 heterocycles. The zero-order valence-electron chi connectivity index (χ0n) is 10.7. The van der Waals surface area contributed by atoms with Crippen LogP contribution in [0.2, 0.25) is 0 Å². The molecule has 0 bridgehead atoms. The molecule has 0 spiro atoms. The van der Waals surface area contributed by atoms with Crippen molar-refractivity contribution in [2.24, 2.45) is 0 Å². The number of aromatic nitrogens is 2. The van der Waals surface area contributed by atoms with Gasteiger partial charge in [0.25, 0.3) is 5.89 Å². The van der Waals surface area contributed by atoms with Gasteiger partial charge in [0, 0.05) is 23.0 Å². The lowest BCUT2D eigenvalue weighted by atomic mass is 10.1. The molecule has 4 nitrogen and oxygen atoms in total. The zero-order valence-corrected chi connectivity index (χ0v) is 13.1. The van der Waals surface area contributed by atoms with Gasteiger partial charge in [-0.05, 0) is 48.1 Å². The number of nitrogens with one attached hydrogen (secondary N) is 1. The van der Waals surface area contributed by atoms with E-state index >= 15 is 0 Å². The summed E-state index contributed by atoms with van der Waals surface area (Å²) >= 11 is 5.05. The third kappa shape index (κ3) is 3.63. The smallest absolute Gasteiger partial charge is 0.258 e. The van der Waals surface area contributed by atoms with Gasteiger partial charge in [-0.1, -0.05) is 0 Å². The Morgan fingerprint density at radius 3 is 2.78 bits per heavy atom. The molecule has 0 aromatic carbocycles. The summed E-state index contributed by atoms with van der Waals surface area (Å²) in [6, 6.07) is 1.98. The second kappa shape index (κ2) is 5.50. The fourth-order valence-corrected chi connectivity index (χ4v) is 2.90. The highest BCUT2D eigenvalue weighted by molar-refractivity contribution is 9.10. The van der Waals surface area contributed by atoms with E-state index in [4.69, 9.17) is 4.42 Å². The topological polar surface area (TPSA) is 51.0 Å². The Morgan fingerprint density at radius 2 is 2.17 bits per heavy atom. The van der Waals surface area contributed by atoms with Gasteiger partial charge in [0.1, 0.15) is 4.88 Å². The molecule has 18 heavy (non-hydrogen) atoms. The summed E-state index contributed by atoms with van der Waals surface area (Å²) in [7, 11) is 0. The third-order valence-corrected chi connectivity index (χ3v) is 4.10. The van der Waals surface area contributed by atoms with Gasteiger partial charge in [-0.15, -0.1) is 21.5 Å². The molecular formula is C12H16BrN3OS. The molecule has 0 saturated carbocycles. The lowest BCUT2D eigenvalue weighted by molar-refractivity contribution is 0.412. The van der Waals surface area contributed by atoms with Crippen LogP contribution in [0.1, 0.15) is 26.7 Å². The number of nitrogens with zero attached hydrogens (tertiary/aromatic N) is 2. The van der Waals surface area contributed by atoms with Crippen molar-refractivity contribution >= 4 is 27.3 Å². The van der Waals surface area contributed by atoms with Crippen LogP contribution in [0, 0.1) is 0 Å². The van der Waals surface area contributed by atoms with E-state index in [0.717, 1.165) is 22.3 Å². The minimum atomic E-state index is 0.111. The Labute approximate surface area is 119 Å². The lowest BCUT2D eigenvalue weighted by Crippen LogP contribution is -2.37. The van der Waals surface area contributed by atoms with E-state index in [9.17, 15) is 0 Å². The van der Waals surface area contributed by atoms with E-state index in [-0.39, 0.29) is 5.54 Å². The summed E-state index contributed by atoms with van der Waals surface area (Å²) < 4.78 is 6.64. The molecule has 0 fully saturated rings. The molecule has 0 aliphatic heterocycles. The van der Waals surface area contributed by atoms with Gasteiger partial charge < -0.3 is 9.73 Å². The Morgan fingerprint density at radius 1 is 1.39 bits per heavy atom. The van der Waals surface area contributed by atoms with Gasteiger partial charge in [-0.25, -0.2) is 0 Å². The van der Waals surface area contributed by atoms with Gasteiger partial charge in [0.05, 0.1) is 0 Å². The van der Waals surface area contributed by atoms with Crippen molar-refractivity contribution in [1.29, 1.82) is 0 Å². The normalized spacial score (nSPS) is 12.0. The van der Waals surface area contributed by atoms with Crippen LogP contribution >= 0.6 is 27.3 Å². The second-order valence-electron chi connectivity index (χ2n) is 5.03. The van der Waals surface area contributed by atoms with Crippen molar-refractivity contribution in [2.45, 2.75) is 32.7 Å². The molecule has 98 valence electrons. The van der Waals surface area contributed by atoms with E-state index in [0.29, 0.717) is 11.8 Å². The summed E-state index contributed by atoms with van der Waals surface area (Å²) in [4.78, 5) is 0.984. The van der Waals surface area contributed by atoms with Crippen LogP contribution < -0.4 is 5.32 Å². The Hall–Kier alpha value is -0.720. The molecule has 2 rings (SSSR count). The van der Waals surface area contributed by atoms with Crippen LogP contribution in [-0.2, 0) is 6.42 Å². The predicted molar refractivity (Wildman–Crippen MR) is 76.8 cm³/mol.